The Balaban J connectivity index is 2.13. The Morgan fingerprint density at radius 1 is 1.44 bits per heavy atom. The second-order valence-corrected chi connectivity index (χ2v) is 4.86. The van der Waals surface area contributed by atoms with Crippen LogP contribution >= 0.6 is 23.2 Å². The van der Waals surface area contributed by atoms with Crippen LogP contribution in [0.15, 0.2) is 18.2 Å². The summed E-state index contributed by atoms with van der Waals surface area (Å²) in [5.41, 5.74) is 6.82. The van der Waals surface area contributed by atoms with Crippen LogP contribution in [-0.2, 0) is 4.79 Å². The zero-order valence-electron chi connectivity index (χ0n) is 8.36. The maximum atomic E-state index is 10.7. The first-order valence-electron chi connectivity index (χ1n) is 4.94. The molecule has 1 aliphatic carbocycles. The van der Waals surface area contributed by atoms with E-state index in [1.807, 2.05) is 0 Å². The monoisotopic (exact) mass is 259 g/mol. The maximum absolute atomic E-state index is 10.7. The second kappa shape index (κ2) is 4.24. The molecule has 0 spiro atoms. The van der Waals surface area contributed by atoms with Crippen molar-refractivity contribution < 1.29 is 9.90 Å². The third-order valence-corrected chi connectivity index (χ3v) is 3.69. The van der Waals surface area contributed by atoms with Crippen LogP contribution in [0, 0.1) is 11.8 Å². The summed E-state index contributed by atoms with van der Waals surface area (Å²) >= 11 is 11.7. The summed E-state index contributed by atoms with van der Waals surface area (Å²) in [6.45, 7) is 0. The first-order valence-corrected chi connectivity index (χ1v) is 5.69. The van der Waals surface area contributed by atoms with E-state index in [1.165, 1.54) is 0 Å². The van der Waals surface area contributed by atoms with Crippen molar-refractivity contribution in [3.63, 3.8) is 0 Å². The molecule has 3 N–H and O–H groups in total. The maximum Gasteiger partial charge on any atom is 0.306 e. The van der Waals surface area contributed by atoms with Gasteiger partial charge in [0.2, 0.25) is 0 Å². The predicted molar refractivity (Wildman–Crippen MR) is 62.6 cm³/mol. The van der Waals surface area contributed by atoms with Gasteiger partial charge in [-0.05, 0) is 30.0 Å². The zero-order chi connectivity index (χ0) is 11.9. The van der Waals surface area contributed by atoms with Gasteiger partial charge in [-0.2, -0.15) is 0 Å². The van der Waals surface area contributed by atoms with E-state index in [4.69, 9.17) is 34.0 Å². The molecule has 0 amide bonds. The third-order valence-electron chi connectivity index (χ3n) is 2.95. The van der Waals surface area contributed by atoms with Crippen molar-refractivity contribution in [2.24, 2.45) is 17.6 Å². The van der Waals surface area contributed by atoms with E-state index < -0.39 is 5.97 Å². The minimum absolute atomic E-state index is 0.00902. The number of halogens is 2. The molecule has 0 saturated heterocycles. The van der Waals surface area contributed by atoms with E-state index in [2.05, 4.69) is 0 Å². The number of rotatable bonds is 3. The number of hydrogen-bond acceptors (Lipinski definition) is 2. The van der Waals surface area contributed by atoms with Gasteiger partial charge in [0.25, 0.3) is 0 Å². The summed E-state index contributed by atoms with van der Waals surface area (Å²) in [6.07, 6.45) is 0.636. The number of carboxylic acids is 1. The van der Waals surface area contributed by atoms with E-state index in [1.54, 1.807) is 18.2 Å². The number of hydrogen-bond donors (Lipinski definition) is 2. The molecule has 1 aromatic carbocycles. The van der Waals surface area contributed by atoms with Crippen molar-refractivity contribution in [2.45, 2.75) is 12.5 Å². The number of benzene rings is 1. The Labute approximate surface area is 103 Å². The second-order valence-electron chi connectivity index (χ2n) is 4.04. The van der Waals surface area contributed by atoms with Gasteiger partial charge in [0.15, 0.2) is 0 Å². The molecule has 1 saturated carbocycles. The molecule has 86 valence electrons. The molecule has 0 radical (unpaired) electrons. The number of carboxylic acid groups (broad SMARTS) is 1. The lowest BCUT2D eigenvalue weighted by molar-refractivity contribution is -0.138. The topological polar surface area (TPSA) is 63.3 Å². The molecule has 1 aliphatic rings. The highest BCUT2D eigenvalue weighted by Gasteiger charge is 2.47. The molecule has 5 heteroatoms. The van der Waals surface area contributed by atoms with Crippen LogP contribution in [-0.4, -0.2) is 11.1 Å². The molecule has 1 aromatic rings. The average molecular weight is 260 g/mol. The first-order chi connectivity index (χ1) is 7.50. The Morgan fingerprint density at radius 3 is 2.62 bits per heavy atom. The van der Waals surface area contributed by atoms with Gasteiger partial charge in [-0.25, -0.2) is 0 Å². The van der Waals surface area contributed by atoms with Crippen LogP contribution in [0.25, 0.3) is 0 Å². The van der Waals surface area contributed by atoms with E-state index in [0.29, 0.717) is 16.5 Å². The van der Waals surface area contributed by atoms with Gasteiger partial charge < -0.3 is 10.8 Å². The van der Waals surface area contributed by atoms with Gasteiger partial charge in [0, 0.05) is 6.04 Å². The molecule has 2 rings (SSSR count). The third kappa shape index (κ3) is 2.17. The lowest BCUT2D eigenvalue weighted by atomic mass is 10.0. The lowest BCUT2D eigenvalue weighted by Crippen LogP contribution is -2.15. The van der Waals surface area contributed by atoms with Gasteiger partial charge in [-0.3, -0.25) is 4.79 Å². The fraction of sp³-hybridized carbons (Fsp3) is 0.364. The highest BCUT2D eigenvalue weighted by atomic mass is 35.5. The lowest BCUT2D eigenvalue weighted by Gasteiger charge is -2.11. The molecule has 0 aliphatic heterocycles. The molecule has 3 atom stereocenters. The van der Waals surface area contributed by atoms with Gasteiger partial charge in [-0.15, -0.1) is 0 Å². The SMILES string of the molecule is NC(c1ccc(Cl)c(Cl)c1)C1CC1C(=O)O. The Hall–Kier alpha value is -0.770. The zero-order valence-corrected chi connectivity index (χ0v) is 9.87. The van der Waals surface area contributed by atoms with Crippen LogP contribution in [0.5, 0.6) is 0 Å². The molecular weight excluding hydrogens is 249 g/mol. The van der Waals surface area contributed by atoms with Crippen molar-refractivity contribution in [1.82, 2.24) is 0 Å². The number of carbonyl (C=O) groups is 1. The Kier molecular flexibility index (Phi) is 3.10. The number of nitrogens with two attached hydrogens (primary N) is 1. The van der Waals surface area contributed by atoms with Gasteiger partial charge in [0.05, 0.1) is 16.0 Å². The quantitative estimate of drug-likeness (QED) is 0.878. The van der Waals surface area contributed by atoms with Gasteiger partial charge in [-0.1, -0.05) is 29.3 Å². The molecule has 0 aromatic heterocycles. The minimum Gasteiger partial charge on any atom is -0.481 e. The van der Waals surface area contributed by atoms with E-state index in [-0.39, 0.29) is 17.9 Å². The minimum atomic E-state index is -0.777. The smallest absolute Gasteiger partial charge is 0.306 e. The van der Waals surface area contributed by atoms with Crippen molar-refractivity contribution in [3.8, 4) is 0 Å². The average Bonchev–Trinajstić information content (AvgIpc) is 3.01. The van der Waals surface area contributed by atoms with Crippen LogP contribution in [0.2, 0.25) is 10.0 Å². The van der Waals surface area contributed by atoms with E-state index in [0.717, 1.165) is 5.56 Å². The molecular formula is C11H11Cl2NO2. The molecule has 16 heavy (non-hydrogen) atoms. The fourth-order valence-electron chi connectivity index (χ4n) is 1.86. The number of aliphatic carboxylic acids is 1. The van der Waals surface area contributed by atoms with Gasteiger partial charge >= 0.3 is 5.97 Å². The normalized spacial score (nSPS) is 25.2. The largest absolute Gasteiger partial charge is 0.481 e. The standard InChI is InChI=1S/C11H11Cl2NO2/c12-8-2-1-5(3-9(8)13)10(14)6-4-7(6)11(15)16/h1-3,6-7,10H,4,14H2,(H,15,16). The molecule has 0 heterocycles. The van der Waals surface area contributed by atoms with Crippen molar-refractivity contribution in [2.75, 3.05) is 0 Å². The van der Waals surface area contributed by atoms with Crippen LogP contribution in [0.4, 0.5) is 0 Å². The molecule has 1 fully saturated rings. The van der Waals surface area contributed by atoms with Crippen LogP contribution in [0.1, 0.15) is 18.0 Å². The first kappa shape index (κ1) is 11.7. The molecule has 3 unspecified atom stereocenters. The summed E-state index contributed by atoms with van der Waals surface area (Å²) in [5, 5.41) is 9.74. The highest BCUT2D eigenvalue weighted by Crippen LogP contribution is 2.46. The molecule has 0 bridgehead atoms. The summed E-state index contributed by atoms with van der Waals surface area (Å²) in [5.74, 6) is -1.08. The van der Waals surface area contributed by atoms with Crippen molar-refractivity contribution >= 4 is 29.2 Å². The summed E-state index contributed by atoms with van der Waals surface area (Å²) in [6, 6.07) is 4.88. The summed E-state index contributed by atoms with van der Waals surface area (Å²) in [7, 11) is 0. The Morgan fingerprint density at radius 2 is 2.12 bits per heavy atom. The summed E-state index contributed by atoms with van der Waals surface area (Å²) in [4.78, 5) is 10.7. The Bertz CT molecular complexity index is 436. The van der Waals surface area contributed by atoms with Crippen LogP contribution < -0.4 is 5.73 Å². The summed E-state index contributed by atoms with van der Waals surface area (Å²) < 4.78 is 0. The molecule has 3 nitrogen and oxygen atoms in total. The van der Waals surface area contributed by atoms with Crippen LogP contribution in [0.3, 0.4) is 0 Å². The predicted octanol–water partition coefficient (Wildman–Crippen LogP) is 2.71. The van der Waals surface area contributed by atoms with E-state index in [9.17, 15) is 4.79 Å². The fourth-order valence-corrected chi connectivity index (χ4v) is 2.17. The van der Waals surface area contributed by atoms with E-state index >= 15 is 0 Å². The van der Waals surface area contributed by atoms with Crippen molar-refractivity contribution in [1.29, 1.82) is 0 Å². The van der Waals surface area contributed by atoms with Gasteiger partial charge in [0.1, 0.15) is 0 Å². The highest BCUT2D eigenvalue weighted by molar-refractivity contribution is 6.42. The van der Waals surface area contributed by atoms with Crippen molar-refractivity contribution in [3.05, 3.63) is 33.8 Å².